The van der Waals surface area contributed by atoms with Crippen LogP contribution in [-0.2, 0) is 5.54 Å². The summed E-state index contributed by atoms with van der Waals surface area (Å²) >= 11 is 0. The van der Waals surface area contributed by atoms with Gasteiger partial charge in [0.05, 0.1) is 11.6 Å². The van der Waals surface area contributed by atoms with Crippen LogP contribution in [-0.4, -0.2) is 28.1 Å². The third-order valence-electron chi connectivity index (χ3n) is 4.93. The Balaban J connectivity index is 1.72. The fraction of sp³-hybridized carbons (Fsp3) is 0.867. The number of nitrogens with zero attached hydrogens (tertiary/aromatic N) is 3. The minimum atomic E-state index is -0.347. The summed E-state index contributed by atoms with van der Waals surface area (Å²) in [7, 11) is 0. The van der Waals surface area contributed by atoms with Gasteiger partial charge >= 0.3 is 0 Å². The number of nitrogens with two attached hydrogens (primary N) is 1. The van der Waals surface area contributed by atoms with Crippen molar-refractivity contribution in [1.82, 2.24) is 15.0 Å². The molecule has 1 aromatic rings. The fourth-order valence-electron chi connectivity index (χ4n) is 3.48. The molecule has 0 amide bonds. The van der Waals surface area contributed by atoms with E-state index in [2.05, 4.69) is 22.0 Å². The van der Waals surface area contributed by atoms with E-state index in [0.29, 0.717) is 5.82 Å². The SMILES string of the molecule is CC(c1nc(C2(N)CCCC2)no1)N1CCCCCC1. The molecule has 1 aliphatic carbocycles. The Hall–Kier alpha value is -0.940. The van der Waals surface area contributed by atoms with Gasteiger partial charge in [-0.05, 0) is 45.7 Å². The molecule has 2 fully saturated rings. The summed E-state index contributed by atoms with van der Waals surface area (Å²) in [6, 6.07) is 0.208. The second-order valence-electron chi connectivity index (χ2n) is 6.45. The topological polar surface area (TPSA) is 68.2 Å². The molecule has 0 radical (unpaired) electrons. The van der Waals surface area contributed by atoms with E-state index in [1.807, 2.05) is 0 Å². The Morgan fingerprint density at radius 2 is 1.75 bits per heavy atom. The summed E-state index contributed by atoms with van der Waals surface area (Å²) in [6.45, 7) is 4.43. The summed E-state index contributed by atoms with van der Waals surface area (Å²) in [5.41, 5.74) is 6.05. The largest absolute Gasteiger partial charge is 0.338 e. The second kappa shape index (κ2) is 5.82. The van der Waals surface area contributed by atoms with E-state index < -0.39 is 0 Å². The molecule has 1 unspecified atom stereocenters. The zero-order valence-corrected chi connectivity index (χ0v) is 12.5. The molecule has 3 rings (SSSR count). The molecule has 20 heavy (non-hydrogen) atoms. The molecular weight excluding hydrogens is 252 g/mol. The van der Waals surface area contributed by atoms with Crippen molar-refractivity contribution in [3.05, 3.63) is 11.7 Å². The molecule has 1 aliphatic heterocycles. The monoisotopic (exact) mass is 278 g/mol. The molecule has 0 spiro atoms. The van der Waals surface area contributed by atoms with E-state index in [9.17, 15) is 0 Å². The van der Waals surface area contributed by atoms with Gasteiger partial charge in [-0.2, -0.15) is 4.98 Å². The van der Waals surface area contributed by atoms with Crippen LogP contribution in [0.15, 0.2) is 4.52 Å². The summed E-state index contributed by atoms with van der Waals surface area (Å²) in [4.78, 5) is 7.09. The van der Waals surface area contributed by atoms with Crippen LogP contribution in [0, 0.1) is 0 Å². The quantitative estimate of drug-likeness (QED) is 0.920. The normalized spacial score (nSPS) is 25.5. The van der Waals surface area contributed by atoms with Gasteiger partial charge in [-0.3, -0.25) is 4.90 Å². The molecule has 5 nitrogen and oxygen atoms in total. The first-order chi connectivity index (χ1) is 9.69. The standard InChI is InChI=1S/C15H26N4O/c1-12(19-10-6-2-3-7-11-19)13-17-14(18-20-13)15(16)8-4-5-9-15/h12H,2-11,16H2,1H3. The number of likely N-dealkylation sites (tertiary alicyclic amines) is 1. The lowest BCUT2D eigenvalue weighted by Crippen LogP contribution is -2.34. The fourth-order valence-corrected chi connectivity index (χ4v) is 3.48. The van der Waals surface area contributed by atoms with Crippen molar-refractivity contribution in [2.45, 2.75) is 69.9 Å². The summed E-state index contributed by atoms with van der Waals surface area (Å²) < 4.78 is 5.52. The van der Waals surface area contributed by atoms with E-state index >= 15 is 0 Å². The van der Waals surface area contributed by atoms with Crippen molar-refractivity contribution >= 4 is 0 Å². The Morgan fingerprint density at radius 1 is 1.10 bits per heavy atom. The number of hydrogen-bond donors (Lipinski definition) is 1. The first kappa shape index (κ1) is 14.0. The molecule has 2 N–H and O–H groups in total. The van der Waals surface area contributed by atoms with Gasteiger partial charge in [-0.15, -0.1) is 0 Å². The van der Waals surface area contributed by atoms with Crippen molar-refractivity contribution in [2.75, 3.05) is 13.1 Å². The van der Waals surface area contributed by atoms with Gasteiger partial charge in [0, 0.05) is 0 Å². The molecular formula is C15H26N4O. The van der Waals surface area contributed by atoms with E-state index in [1.54, 1.807) is 0 Å². The zero-order chi connectivity index (χ0) is 14.0. The zero-order valence-electron chi connectivity index (χ0n) is 12.5. The third kappa shape index (κ3) is 2.74. The number of rotatable bonds is 3. The van der Waals surface area contributed by atoms with Crippen LogP contribution in [0.1, 0.15) is 76.0 Å². The maximum Gasteiger partial charge on any atom is 0.243 e. The van der Waals surface area contributed by atoms with Crippen molar-refractivity contribution in [2.24, 2.45) is 5.73 Å². The highest BCUT2D eigenvalue weighted by atomic mass is 16.5. The molecule has 112 valence electrons. The average Bonchev–Trinajstić information content (AvgIpc) is 3.02. The number of aromatic nitrogens is 2. The number of hydrogen-bond acceptors (Lipinski definition) is 5. The Labute approximate surface area is 120 Å². The first-order valence-electron chi connectivity index (χ1n) is 8.06. The molecule has 0 bridgehead atoms. The summed E-state index contributed by atoms with van der Waals surface area (Å²) in [5, 5.41) is 4.17. The van der Waals surface area contributed by atoms with E-state index in [0.717, 1.165) is 31.8 Å². The van der Waals surface area contributed by atoms with Crippen molar-refractivity contribution in [3.63, 3.8) is 0 Å². The van der Waals surface area contributed by atoms with Crippen LogP contribution < -0.4 is 5.73 Å². The van der Waals surface area contributed by atoms with Crippen molar-refractivity contribution in [3.8, 4) is 0 Å². The van der Waals surface area contributed by atoms with Crippen LogP contribution >= 0.6 is 0 Å². The molecule has 0 aromatic carbocycles. The van der Waals surface area contributed by atoms with Crippen LogP contribution in [0.25, 0.3) is 0 Å². The molecule has 1 saturated carbocycles. The van der Waals surface area contributed by atoms with E-state index in [4.69, 9.17) is 10.3 Å². The van der Waals surface area contributed by atoms with E-state index in [1.165, 1.54) is 38.5 Å². The van der Waals surface area contributed by atoms with Gasteiger partial charge in [0.15, 0.2) is 5.82 Å². The van der Waals surface area contributed by atoms with Crippen LogP contribution in [0.3, 0.4) is 0 Å². The smallest absolute Gasteiger partial charge is 0.243 e. The predicted molar refractivity (Wildman–Crippen MR) is 77.1 cm³/mol. The maximum atomic E-state index is 6.40. The second-order valence-corrected chi connectivity index (χ2v) is 6.45. The predicted octanol–water partition coefficient (Wildman–Crippen LogP) is 2.73. The molecule has 1 aromatic heterocycles. The van der Waals surface area contributed by atoms with Gasteiger partial charge in [-0.25, -0.2) is 0 Å². The molecule has 5 heteroatoms. The Bertz CT molecular complexity index is 431. The van der Waals surface area contributed by atoms with Crippen molar-refractivity contribution < 1.29 is 4.52 Å². The van der Waals surface area contributed by atoms with E-state index in [-0.39, 0.29) is 11.6 Å². The lowest BCUT2D eigenvalue weighted by atomic mass is 9.99. The Kier molecular flexibility index (Phi) is 4.08. The minimum Gasteiger partial charge on any atom is -0.338 e. The highest BCUT2D eigenvalue weighted by Gasteiger charge is 2.36. The molecule has 1 atom stereocenters. The molecule has 2 aliphatic rings. The highest BCUT2D eigenvalue weighted by molar-refractivity contribution is 5.07. The van der Waals surface area contributed by atoms with Crippen molar-refractivity contribution in [1.29, 1.82) is 0 Å². The first-order valence-corrected chi connectivity index (χ1v) is 8.06. The van der Waals surface area contributed by atoms with Gasteiger partial charge < -0.3 is 10.3 Å². The highest BCUT2D eigenvalue weighted by Crippen LogP contribution is 2.35. The molecule has 2 heterocycles. The van der Waals surface area contributed by atoms with Gasteiger partial charge in [-0.1, -0.05) is 30.8 Å². The van der Waals surface area contributed by atoms with Gasteiger partial charge in [0.25, 0.3) is 0 Å². The van der Waals surface area contributed by atoms with Crippen LogP contribution in [0.2, 0.25) is 0 Å². The van der Waals surface area contributed by atoms with Crippen LogP contribution in [0.4, 0.5) is 0 Å². The van der Waals surface area contributed by atoms with Crippen LogP contribution in [0.5, 0.6) is 0 Å². The third-order valence-corrected chi connectivity index (χ3v) is 4.93. The lowest BCUT2D eigenvalue weighted by molar-refractivity contribution is 0.178. The summed E-state index contributed by atoms with van der Waals surface area (Å²) in [5.74, 6) is 1.45. The van der Waals surface area contributed by atoms with Gasteiger partial charge in [0.2, 0.25) is 5.89 Å². The lowest BCUT2D eigenvalue weighted by Gasteiger charge is -2.24. The van der Waals surface area contributed by atoms with Gasteiger partial charge in [0.1, 0.15) is 0 Å². The average molecular weight is 278 g/mol. The minimum absolute atomic E-state index is 0.208. The Morgan fingerprint density at radius 3 is 2.40 bits per heavy atom. The summed E-state index contributed by atoms with van der Waals surface area (Å²) in [6.07, 6.45) is 9.50. The molecule has 1 saturated heterocycles. The maximum absolute atomic E-state index is 6.40.